The summed E-state index contributed by atoms with van der Waals surface area (Å²) in [6.07, 6.45) is -5.72. The highest BCUT2D eigenvalue weighted by Crippen LogP contribution is 2.32. The van der Waals surface area contributed by atoms with Gasteiger partial charge < -0.3 is 45.7 Å². The van der Waals surface area contributed by atoms with Gasteiger partial charge in [0.1, 0.15) is 30.2 Å². The second kappa shape index (κ2) is 13.7. The van der Waals surface area contributed by atoms with E-state index in [0.29, 0.717) is 26.1 Å². The number of nitrogens with zero attached hydrogens (tertiary/aromatic N) is 1. The lowest BCUT2D eigenvalue weighted by Gasteiger charge is -2.39. The van der Waals surface area contributed by atoms with Gasteiger partial charge in [-0.2, -0.15) is 0 Å². The summed E-state index contributed by atoms with van der Waals surface area (Å²) in [5.74, 6) is 0.711. The Labute approximate surface area is 234 Å². The smallest absolute Gasteiger partial charge is 0.238 e. The first-order valence-electron chi connectivity index (χ1n) is 13.6. The number of carbonyl (C=O) groups excluding carboxylic acids is 1. The maximum Gasteiger partial charge on any atom is 0.238 e. The molecule has 12 nitrogen and oxygen atoms in total. The van der Waals surface area contributed by atoms with Crippen molar-refractivity contribution in [1.29, 1.82) is 0 Å². The largest absolute Gasteiger partial charge is 0.494 e. The number of nitrogens with two attached hydrogens (primary N) is 1. The number of primary amides is 1. The number of hydrogen-bond acceptors (Lipinski definition) is 10. The van der Waals surface area contributed by atoms with Gasteiger partial charge in [-0.1, -0.05) is 19.9 Å². The van der Waals surface area contributed by atoms with Crippen molar-refractivity contribution in [3.05, 3.63) is 40.6 Å². The lowest BCUT2D eigenvalue weighted by atomic mass is 9.93. The van der Waals surface area contributed by atoms with E-state index >= 15 is 0 Å². The number of rotatable bonds is 14. The van der Waals surface area contributed by atoms with Crippen LogP contribution in [0.1, 0.15) is 62.4 Å². The van der Waals surface area contributed by atoms with E-state index in [1.54, 1.807) is 13.8 Å². The van der Waals surface area contributed by atoms with E-state index in [1.165, 1.54) is 0 Å². The predicted octanol–water partition coefficient (Wildman–Crippen LogP) is 0.481. The number of hydrogen-bond donors (Lipinski definition) is 7. The van der Waals surface area contributed by atoms with Crippen LogP contribution in [0.15, 0.2) is 18.2 Å². The maximum absolute atomic E-state index is 11.4. The molecule has 1 aliphatic rings. The highest BCUT2D eigenvalue weighted by Gasteiger charge is 2.45. The topological polar surface area (TPSA) is 192 Å². The van der Waals surface area contributed by atoms with Gasteiger partial charge >= 0.3 is 0 Å². The van der Waals surface area contributed by atoms with Crippen LogP contribution in [0.4, 0.5) is 0 Å². The average Bonchev–Trinajstić information content (AvgIpc) is 3.30. The molecule has 0 aliphatic carbocycles. The molecule has 224 valence electrons. The van der Waals surface area contributed by atoms with E-state index in [0.717, 1.165) is 34.6 Å². The molecule has 40 heavy (non-hydrogen) atoms. The summed E-state index contributed by atoms with van der Waals surface area (Å²) in [4.78, 5) is 11.4. The molecule has 0 bridgehead atoms. The molecule has 12 heteroatoms. The van der Waals surface area contributed by atoms with Gasteiger partial charge in [0, 0.05) is 24.2 Å². The van der Waals surface area contributed by atoms with Gasteiger partial charge in [0.15, 0.2) is 0 Å². The monoisotopic (exact) mass is 564 g/mol. The molecule has 1 fully saturated rings. The third kappa shape index (κ3) is 7.71. The molecule has 1 saturated heterocycles. The molecular formula is C28H44N4O8. The van der Waals surface area contributed by atoms with E-state index < -0.39 is 42.7 Å². The van der Waals surface area contributed by atoms with Crippen molar-refractivity contribution in [2.75, 3.05) is 26.3 Å². The summed E-state index contributed by atoms with van der Waals surface area (Å²) in [5, 5.41) is 50.6. The number of carbonyl (C=O) groups is 1. The van der Waals surface area contributed by atoms with Crippen LogP contribution in [0.5, 0.6) is 11.6 Å². The Balaban J connectivity index is 1.64. The molecule has 2 aromatic rings. The molecule has 0 radical (unpaired) electrons. The number of aromatic nitrogens is 2. The molecule has 1 aromatic carbocycles. The van der Waals surface area contributed by atoms with Crippen molar-refractivity contribution in [2.45, 2.75) is 84.1 Å². The predicted molar refractivity (Wildman–Crippen MR) is 147 cm³/mol. The molecule has 0 saturated carbocycles. The summed E-state index contributed by atoms with van der Waals surface area (Å²) in [5.41, 5.74) is 8.45. The summed E-state index contributed by atoms with van der Waals surface area (Å²) < 4.78 is 17.3. The second-order valence-electron chi connectivity index (χ2n) is 11.3. The lowest BCUT2D eigenvalue weighted by molar-refractivity contribution is -0.278. The fourth-order valence-corrected chi connectivity index (χ4v) is 4.40. The minimum Gasteiger partial charge on any atom is -0.494 e. The number of benzene rings is 1. The number of aryl methyl sites for hydroxylation is 1. The number of aliphatic hydroxyl groups excluding tert-OH is 4. The van der Waals surface area contributed by atoms with Gasteiger partial charge in [-0.05, 0) is 62.9 Å². The van der Waals surface area contributed by atoms with Crippen molar-refractivity contribution in [3.8, 4) is 11.6 Å². The molecule has 1 aromatic heterocycles. The minimum atomic E-state index is -1.55. The first kappa shape index (κ1) is 31.8. The van der Waals surface area contributed by atoms with Crippen LogP contribution < -0.4 is 20.5 Å². The Bertz CT molecular complexity index is 1120. The van der Waals surface area contributed by atoms with E-state index in [2.05, 4.69) is 15.5 Å². The molecule has 8 N–H and O–H groups in total. The highest BCUT2D eigenvalue weighted by molar-refractivity contribution is 5.80. The van der Waals surface area contributed by atoms with E-state index in [-0.39, 0.29) is 17.7 Å². The SMILES string of the molecule is Cc1cc(OCCCNCC(C)(C)C(N)=O)ccc1Cc1c(OC2OC(CO)[C@@H](O)C(O)[C@H]2O)n[nH]c1C(C)C. The summed E-state index contributed by atoms with van der Waals surface area (Å²) in [6, 6.07) is 5.85. The number of nitrogens with one attached hydrogen (secondary N) is 2. The van der Waals surface area contributed by atoms with Gasteiger partial charge in [-0.3, -0.25) is 9.89 Å². The summed E-state index contributed by atoms with van der Waals surface area (Å²) in [7, 11) is 0. The Kier molecular flexibility index (Phi) is 10.9. The van der Waals surface area contributed by atoms with Crippen molar-refractivity contribution < 1.29 is 39.4 Å². The fraction of sp³-hybridized carbons (Fsp3) is 0.643. The molecule has 2 heterocycles. The van der Waals surface area contributed by atoms with Crippen molar-refractivity contribution >= 4 is 5.91 Å². The van der Waals surface area contributed by atoms with Crippen LogP contribution >= 0.6 is 0 Å². The zero-order valence-electron chi connectivity index (χ0n) is 23.9. The fourth-order valence-electron chi connectivity index (χ4n) is 4.40. The minimum absolute atomic E-state index is 0.0970. The van der Waals surface area contributed by atoms with E-state index in [1.807, 2.05) is 39.0 Å². The van der Waals surface area contributed by atoms with Crippen LogP contribution in [0.3, 0.4) is 0 Å². The number of aromatic amines is 1. The molecule has 3 rings (SSSR count). The quantitative estimate of drug-likeness (QED) is 0.159. The number of H-pyrrole nitrogens is 1. The average molecular weight is 565 g/mol. The van der Waals surface area contributed by atoms with Crippen LogP contribution in [0.2, 0.25) is 0 Å². The molecule has 3 unspecified atom stereocenters. The van der Waals surface area contributed by atoms with Gasteiger partial charge in [0.2, 0.25) is 18.1 Å². The third-order valence-electron chi connectivity index (χ3n) is 7.20. The second-order valence-corrected chi connectivity index (χ2v) is 11.3. The zero-order valence-corrected chi connectivity index (χ0v) is 23.9. The lowest BCUT2D eigenvalue weighted by Crippen LogP contribution is -2.60. The van der Waals surface area contributed by atoms with Crippen molar-refractivity contribution in [3.63, 3.8) is 0 Å². The van der Waals surface area contributed by atoms with E-state index in [9.17, 15) is 25.2 Å². The molecule has 5 atom stereocenters. The number of ether oxygens (including phenoxy) is 3. The molecular weight excluding hydrogens is 520 g/mol. The maximum atomic E-state index is 11.4. The van der Waals surface area contributed by atoms with Gasteiger partial charge in [0.05, 0.1) is 18.6 Å². The highest BCUT2D eigenvalue weighted by atomic mass is 16.7. The third-order valence-corrected chi connectivity index (χ3v) is 7.20. The zero-order chi connectivity index (χ0) is 29.6. The van der Waals surface area contributed by atoms with Gasteiger partial charge in [-0.25, -0.2) is 0 Å². The summed E-state index contributed by atoms with van der Waals surface area (Å²) in [6.45, 7) is 10.8. The Morgan fingerprint density at radius 2 is 1.95 bits per heavy atom. The normalized spacial score (nSPS) is 23.4. The van der Waals surface area contributed by atoms with Crippen LogP contribution in [0, 0.1) is 12.3 Å². The number of aliphatic hydroxyl groups is 4. The molecule has 1 aliphatic heterocycles. The first-order chi connectivity index (χ1) is 18.9. The molecule has 1 amide bonds. The van der Waals surface area contributed by atoms with Crippen molar-refractivity contribution in [1.82, 2.24) is 15.5 Å². The first-order valence-corrected chi connectivity index (χ1v) is 13.6. The van der Waals surface area contributed by atoms with Crippen LogP contribution in [0.25, 0.3) is 0 Å². The standard InChI is InChI=1S/C28H44N4O8/c1-15(2)21-19(25(32-31-21)40-26-24(36)23(35)22(34)20(13-33)39-26)12-17-7-8-18(11-16(17)3)38-10-6-9-30-14-28(4,5)27(29)37/h7-8,11,15,20,22-24,26,30,33-36H,6,9-10,12-14H2,1-5H3,(H2,29,37)(H,31,32)/t20?,22-,23?,24-,26?/m1/s1. The van der Waals surface area contributed by atoms with Crippen LogP contribution in [-0.4, -0.2) is 93.5 Å². The summed E-state index contributed by atoms with van der Waals surface area (Å²) >= 11 is 0. The van der Waals surface area contributed by atoms with Gasteiger partial charge in [-0.15, -0.1) is 5.10 Å². The van der Waals surface area contributed by atoms with Gasteiger partial charge in [0.25, 0.3) is 0 Å². The Morgan fingerprint density at radius 3 is 2.58 bits per heavy atom. The van der Waals surface area contributed by atoms with E-state index in [4.69, 9.17) is 19.9 Å². The Morgan fingerprint density at radius 1 is 1.23 bits per heavy atom. The Hall–Kier alpha value is -2.74. The van der Waals surface area contributed by atoms with Crippen LogP contribution in [-0.2, 0) is 16.0 Å². The number of amides is 1. The molecule has 0 spiro atoms. The van der Waals surface area contributed by atoms with Crippen molar-refractivity contribution in [2.24, 2.45) is 11.1 Å².